The molecule has 9 nitrogen and oxygen atoms in total. The van der Waals surface area contributed by atoms with Crippen LogP contribution in [0.2, 0.25) is 0 Å². The van der Waals surface area contributed by atoms with E-state index in [-0.39, 0.29) is 9.88 Å². The smallest absolute Gasteiger partial charge is 0.349 e. The fourth-order valence-corrected chi connectivity index (χ4v) is 2.99. The van der Waals surface area contributed by atoms with E-state index >= 15 is 0 Å². The summed E-state index contributed by atoms with van der Waals surface area (Å²) in [7, 11) is 3.05. The van der Waals surface area contributed by atoms with Crippen LogP contribution in [0, 0.1) is 10.1 Å². The molecule has 1 N–H and O–H groups in total. The van der Waals surface area contributed by atoms with Crippen LogP contribution in [0.4, 0.5) is 5.00 Å². The van der Waals surface area contributed by atoms with Crippen molar-refractivity contribution in [3.05, 3.63) is 50.9 Å². The van der Waals surface area contributed by atoms with E-state index in [1.54, 1.807) is 25.1 Å². The maximum Gasteiger partial charge on any atom is 0.349 e. The first kappa shape index (κ1) is 20.2. The number of methoxy groups -OCH3 is 2. The Morgan fingerprint density at radius 3 is 2.56 bits per heavy atom. The second kappa shape index (κ2) is 8.99. The third-order valence-electron chi connectivity index (χ3n) is 3.59. The maximum absolute atomic E-state index is 12.1. The highest BCUT2D eigenvalue weighted by atomic mass is 32.1. The van der Waals surface area contributed by atoms with Crippen LogP contribution in [0.5, 0.6) is 11.5 Å². The monoisotopic (exact) mass is 394 g/mol. The third kappa shape index (κ3) is 5.17. The van der Waals surface area contributed by atoms with Crippen molar-refractivity contribution in [3.8, 4) is 11.5 Å². The molecule has 0 aliphatic heterocycles. The molecule has 144 valence electrons. The highest BCUT2D eigenvalue weighted by Gasteiger charge is 2.19. The number of benzene rings is 1. The van der Waals surface area contributed by atoms with Crippen LogP contribution >= 0.6 is 11.3 Å². The van der Waals surface area contributed by atoms with Crippen molar-refractivity contribution in [2.45, 2.75) is 13.0 Å². The van der Waals surface area contributed by atoms with Crippen molar-refractivity contribution in [3.63, 3.8) is 0 Å². The molecule has 2 aromatic rings. The summed E-state index contributed by atoms with van der Waals surface area (Å²) in [6, 6.07) is 7.26. The van der Waals surface area contributed by atoms with E-state index in [0.29, 0.717) is 28.4 Å². The summed E-state index contributed by atoms with van der Waals surface area (Å²) < 4.78 is 15.4. The number of amides is 1. The quantitative estimate of drug-likeness (QED) is 0.415. The molecule has 0 bridgehead atoms. The molecular weight excluding hydrogens is 376 g/mol. The minimum atomic E-state index is -0.796. The van der Waals surface area contributed by atoms with Gasteiger partial charge in [0.1, 0.15) is 16.4 Å². The predicted octanol–water partition coefficient (Wildman–Crippen LogP) is 2.71. The van der Waals surface area contributed by atoms with Gasteiger partial charge in [0.15, 0.2) is 6.61 Å². The first-order valence-corrected chi connectivity index (χ1v) is 8.60. The largest absolute Gasteiger partial charge is 0.497 e. The second-order valence-corrected chi connectivity index (χ2v) is 6.43. The van der Waals surface area contributed by atoms with Crippen LogP contribution in [-0.2, 0) is 9.53 Å². The van der Waals surface area contributed by atoms with Crippen molar-refractivity contribution >= 4 is 28.2 Å². The number of nitrogens with one attached hydrogen (secondary N) is 1. The Hall–Kier alpha value is -3.14. The van der Waals surface area contributed by atoms with E-state index in [1.165, 1.54) is 26.4 Å². The third-order valence-corrected chi connectivity index (χ3v) is 4.61. The van der Waals surface area contributed by atoms with Gasteiger partial charge in [-0.3, -0.25) is 14.9 Å². The molecule has 1 atom stereocenters. The number of ether oxygens (including phenoxy) is 3. The number of thiophene rings is 1. The maximum atomic E-state index is 12.1. The molecule has 10 heteroatoms. The average molecular weight is 394 g/mol. The number of nitrogens with zero attached hydrogens (tertiary/aromatic N) is 1. The van der Waals surface area contributed by atoms with Gasteiger partial charge in [-0.2, -0.15) is 0 Å². The number of carbonyl (C=O) groups is 2. The van der Waals surface area contributed by atoms with Crippen molar-refractivity contribution in [2.75, 3.05) is 20.8 Å². The molecule has 0 saturated heterocycles. The molecule has 2 rings (SSSR count). The fourth-order valence-electron chi connectivity index (χ4n) is 2.28. The summed E-state index contributed by atoms with van der Waals surface area (Å²) in [5.41, 5.74) is 0.699. The summed E-state index contributed by atoms with van der Waals surface area (Å²) in [4.78, 5) is 34.0. The van der Waals surface area contributed by atoms with Crippen LogP contribution in [0.3, 0.4) is 0 Å². The van der Waals surface area contributed by atoms with Crippen molar-refractivity contribution in [2.24, 2.45) is 0 Å². The van der Waals surface area contributed by atoms with Gasteiger partial charge in [-0.15, -0.1) is 0 Å². The zero-order chi connectivity index (χ0) is 20.0. The molecule has 1 aromatic heterocycles. The molecule has 0 fully saturated rings. The highest BCUT2D eigenvalue weighted by molar-refractivity contribution is 7.17. The lowest BCUT2D eigenvalue weighted by Gasteiger charge is -2.18. The number of esters is 1. The van der Waals surface area contributed by atoms with Gasteiger partial charge in [-0.1, -0.05) is 11.3 Å². The number of rotatable bonds is 8. The number of hydrogen-bond acceptors (Lipinski definition) is 8. The average Bonchev–Trinajstić information content (AvgIpc) is 3.16. The number of carbonyl (C=O) groups excluding carboxylic acids is 2. The van der Waals surface area contributed by atoms with Gasteiger partial charge in [0, 0.05) is 11.6 Å². The van der Waals surface area contributed by atoms with E-state index in [4.69, 9.17) is 14.2 Å². The predicted molar refractivity (Wildman–Crippen MR) is 97.4 cm³/mol. The van der Waals surface area contributed by atoms with Crippen LogP contribution in [0.25, 0.3) is 0 Å². The summed E-state index contributed by atoms with van der Waals surface area (Å²) in [5.74, 6) is -0.134. The molecule has 27 heavy (non-hydrogen) atoms. The molecule has 0 aliphatic rings. The first-order chi connectivity index (χ1) is 12.8. The highest BCUT2D eigenvalue weighted by Crippen LogP contribution is 2.29. The Balaban J connectivity index is 1.95. The van der Waals surface area contributed by atoms with Crippen LogP contribution in [0.15, 0.2) is 30.3 Å². The molecule has 1 aromatic carbocycles. The van der Waals surface area contributed by atoms with Gasteiger partial charge >= 0.3 is 11.0 Å². The SMILES string of the molecule is COc1ccc(OC)c([C@H](C)NC(=O)COC(=O)c2ccc([N+](=O)[O-])s2)c1. The van der Waals surface area contributed by atoms with E-state index < -0.39 is 29.4 Å². The fraction of sp³-hybridized carbons (Fsp3) is 0.294. The lowest BCUT2D eigenvalue weighted by molar-refractivity contribution is -0.380. The van der Waals surface area contributed by atoms with Crippen molar-refractivity contribution in [1.82, 2.24) is 5.32 Å². The zero-order valence-electron chi connectivity index (χ0n) is 14.9. The van der Waals surface area contributed by atoms with E-state index in [9.17, 15) is 19.7 Å². The Kier molecular flexibility index (Phi) is 6.72. The molecule has 0 radical (unpaired) electrons. The molecule has 0 saturated carbocycles. The molecular formula is C17H18N2O7S. The first-order valence-electron chi connectivity index (χ1n) is 7.78. The van der Waals surface area contributed by atoms with Gasteiger partial charge < -0.3 is 19.5 Å². The lowest BCUT2D eigenvalue weighted by Crippen LogP contribution is -2.31. The normalized spacial score (nSPS) is 11.4. The van der Waals surface area contributed by atoms with E-state index in [0.717, 1.165) is 0 Å². The van der Waals surface area contributed by atoms with Crippen molar-refractivity contribution in [1.29, 1.82) is 0 Å². The summed E-state index contributed by atoms with van der Waals surface area (Å²) >= 11 is 0.685. The van der Waals surface area contributed by atoms with Crippen molar-refractivity contribution < 1.29 is 28.7 Å². The van der Waals surface area contributed by atoms with Crippen LogP contribution in [-0.4, -0.2) is 37.6 Å². The second-order valence-electron chi connectivity index (χ2n) is 5.37. The Morgan fingerprint density at radius 2 is 1.96 bits per heavy atom. The Morgan fingerprint density at radius 1 is 1.22 bits per heavy atom. The van der Waals surface area contributed by atoms with E-state index in [2.05, 4.69) is 5.32 Å². The van der Waals surface area contributed by atoms with Gasteiger partial charge in [0.25, 0.3) is 5.91 Å². The molecule has 0 spiro atoms. The summed E-state index contributed by atoms with van der Waals surface area (Å²) in [6.07, 6.45) is 0. The number of hydrogen-bond donors (Lipinski definition) is 1. The number of nitro groups is 1. The molecule has 0 aliphatic carbocycles. The lowest BCUT2D eigenvalue weighted by atomic mass is 10.1. The zero-order valence-corrected chi connectivity index (χ0v) is 15.7. The van der Waals surface area contributed by atoms with Crippen LogP contribution in [0.1, 0.15) is 28.2 Å². The minimum absolute atomic E-state index is 0.0528. The Labute approximate surface area is 159 Å². The minimum Gasteiger partial charge on any atom is -0.497 e. The van der Waals surface area contributed by atoms with Gasteiger partial charge in [0.05, 0.1) is 25.2 Å². The van der Waals surface area contributed by atoms with Gasteiger partial charge in [-0.05, 0) is 31.2 Å². The van der Waals surface area contributed by atoms with Gasteiger partial charge in [0.2, 0.25) is 0 Å². The molecule has 1 heterocycles. The van der Waals surface area contributed by atoms with E-state index in [1.807, 2.05) is 0 Å². The Bertz CT molecular complexity index is 850. The van der Waals surface area contributed by atoms with Crippen LogP contribution < -0.4 is 14.8 Å². The molecule has 0 unspecified atom stereocenters. The van der Waals surface area contributed by atoms with Gasteiger partial charge in [-0.25, -0.2) is 4.79 Å². The summed E-state index contributed by atoms with van der Waals surface area (Å²) in [6.45, 7) is 1.24. The topological polar surface area (TPSA) is 117 Å². The standard InChI is InChI=1S/C17H18N2O7S/c1-10(12-8-11(24-2)4-5-13(12)25-3)18-15(20)9-26-17(21)14-6-7-16(27-14)19(22)23/h4-8,10H,9H2,1-3H3,(H,18,20)/t10-/m0/s1. The molecule has 1 amide bonds. The summed E-state index contributed by atoms with van der Waals surface area (Å²) in [5, 5.41) is 13.2.